The van der Waals surface area contributed by atoms with Crippen LogP contribution in [0.15, 0.2) is 35.1 Å². The monoisotopic (exact) mass is 493 g/mol. The number of fused-ring (bicyclic) bond motifs is 2. The van der Waals surface area contributed by atoms with E-state index in [1.807, 2.05) is 24.1 Å². The summed E-state index contributed by atoms with van der Waals surface area (Å²) >= 11 is 0. The number of carbonyl (C=O) groups excluding carboxylic acids is 2. The average molecular weight is 494 g/mol. The summed E-state index contributed by atoms with van der Waals surface area (Å²) in [7, 11) is 3.36. The standard InChI is InChI=1S/C28H35N3O5/c1-29-12-7-3-4-10-23(29)27(33)30-13-11-22-26(28(34)35-2)24(18-25(32)31(22)15-14-30)36-21-16-19-8-5-6-9-20(19)17-21/h5-6,8-9,18,21,23H,3-4,7,10-17H2,1-2H3/t23-/m0/s1. The Morgan fingerprint density at radius 1 is 0.972 bits per heavy atom. The normalized spacial score (nSPS) is 20.7. The van der Waals surface area contributed by atoms with Gasteiger partial charge in [0.05, 0.1) is 13.2 Å². The van der Waals surface area contributed by atoms with Gasteiger partial charge in [-0.05, 0) is 37.6 Å². The first-order valence-electron chi connectivity index (χ1n) is 13.0. The number of nitrogens with zero attached hydrogens (tertiary/aromatic N) is 3. The van der Waals surface area contributed by atoms with E-state index in [2.05, 4.69) is 17.0 Å². The topological polar surface area (TPSA) is 81.1 Å². The molecular formula is C28H35N3O5. The number of hydrogen-bond donors (Lipinski definition) is 0. The van der Waals surface area contributed by atoms with Crippen molar-refractivity contribution in [3.8, 4) is 5.75 Å². The first-order chi connectivity index (χ1) is 17.5. The summed E-state index contributed by atoms with van der Waals surface area (Å²) < 4.78 is 13.0. The molecule has 1 saturated heterocycles. The average Bonchev–Trinajstić information content (AvgIpc) is 3.00. The third kappa shape index (κ3) is 4.78. The first kappa shape index (κ1) is 24.6. The van der Waals surface area contributed by atoms with E-state index in [1.54, 1.807) is 4.57 Å². The molecule has 2 aliphatic heterocycles. The molecule has 1 amide bonds. The number of pyridine rings is 1. The zero-order valence-electron chi connectivity index (χ0n) is 21.2. The van der Waals surface area contributed by atoms with Crippen LogP contribution in [-0.4, -0.2) is 72.2 Å². The van der Waals surface area contributed by atoms with Crippen molar-refractivity contribution in [2.24, 2.45) is 0 Å². The minimum absolute atomic E-state index is 0.111. The van der Waals surface area contributed by atoms with E-state index in [0.29, 0.717) is 37.3 Å². The Labute approximate surface area is 211 Å². The first-order valence-corrected chi connectivity index (χ1v) is 13.0. The molecule has 5 rings (SSSR count). The SMILES string of the molecule is COC(=O)c1c(OC2Cc3ccccc3C2)cc(=O)n2c1CCN(C(=O)[C@@H]1CCCCCN1C)CC2. The van der Waals surface area contributed by atoms with Gasteiger partial charge in [0, 0.05) is 50.7 Å². The number of aromatic nitrogens is 1. The van der Waals surface area contributed by atoms with Crippen molar-refractivity contribution >= 4 is 11.9 Å². The number of likely N-dealkylation sites (N-methyl/N-ethyl adjacent to an activating group) is 1. The van der Waals surface area contributed by atoms with Crippen molar-refractivity contribution in [3.05, 3.63) is 63.1 Å². The maximum absolute atomic E-state index is 13.5. The molecule has 0 N–H and O–H groups in total. The maximum atomic E-state index is 13.5. The number of esters is 1. The second-order valence-electron chi connectivity index (χ2n) is 10.1. The molecular weight excluding hydrogens is 458 g/mol. The predicted molar refractivity (Wildman–Crippen MR) is 135 cm³/mol. The number of rotatable bonds is 4. The number of ether oxygens (including phenoxy) is 2. The van der Waals surface area contributed by atoms with Gasteiger partial charge in [-0.2, -0.15) is 0 Å². The zero-order chi connectivity index (χ0) is 25.2. The molecule has 3 heterocycles. The summed E-state index contributed by atoms with van der Waals surface area (Å²) in [5.41, 5.74) is 3.12. The fraction of sp³-hybridized carbons (Fsp3) is 0.536. The van der Waals surface area contributed by atoms with Gasteiger partial charge in [-0.1, -0.05) is 37.1 Å². The minimum atomic E-state index is -0.521. The van der Waals surface area contributed by atoms with Crippen LogP contribution in [0.4, 0.5) is 0 Å². The molecule has 0 spiro atoms. The summed E-state index contributed by atoms with van der Waals surface area (Å²) in [6.07, 6.45) is 5.86. The van der Waals surface area contributed by atoms with E-state index >= 15 is 0 Å². The molecule has 8 nitrogen and oxygen atoms in total. The Morgan fingerprint density at radius 3 is 2.44 bits per heavy atom. The van der Waals surface area contributed by atoms with E-state index in [-0.39, 0.29) is 29.4 Å². The molecule has 8 heteroatoms. The van der Waals surface area contributed by atoms with Crippen LogP contribution >= 0.6 is 0 Å². The maximum Gasteiger partial charge on any atom is 0.343 e. The van der Waals surface area contributed by atoms with Gasteiger partial charge >= 0.3 is 5.97 Å². The number of hydrogen-bond acceptors (Lipinski definition) is 6. The van der Waals surface area contributed by atoms with Crippen LogP contribution in [0.25, 0.3) is 0 Å². The molecule has 1 aromatic carbocycles. The Morgan fingerprint density at radius 2 is 1.72 bits per heavy atom. The summed E-state index contributed by atoms with van der Waals surface area (Å²) in [5, 5.41) is 0. The molecule has 0 bridgehead atoms. The van der Waals surface area contributed by atoms with Crippen molar-refractivity contribution in [1.82, 2.24) is 14.4 Å². The molecule has 0 radical (unpaired) electrons. The molecule has 36 heavy (non-hydrogen) atoms. The lowest BCUT2D eigenvalue weighted by atomic mass is 10.1. The summed E-state index contributed by atoms with van der Waals surface area (Å²) in [4.78, 5) is 43.6. The van der Waals surface area contributed by atoms with E-state index in [0.717, 1.165) is 45.1 Å². The fourth-order valence-corrected chi connectivity index (χ4v) is 5.94. The highest BCUT2D eigenvalue weighted by Crippen LogP contribution is 2.30. The second kappa shape index (κ2) is 10.5. The zero-order valence-corrected chi connectivity index (χ0v) is 21.2. The number of benzene rings is 1. The fourth-order valence-electron chi connectivity index (χ4n) is 5.94. The van der Waals surface area contributed by atoms with Crippen LogP contribution in [0, 0.1) is 0 Å². The molecule has 3 aliphatic rings. The van der Waals surface area contributed by atoms with Crippen LogP contribution in [0.1, 0.15) is 52.9 Å². The Balaban J connectivity index is 1.40. The minimum Gasteiger partial charge on any atom is -0.489 e. The van der Waals surface area contributed by atoms with Gasteiger partial charge in [0.1, 0.15) is 17.4 Å². The lowest BCUT2D eigenvalue weighted by Gasteiger charge is -2.30. The van der Waals surface area contributed by atoms with E-state index < -0.39 is 5.97 Å². The van der Waals surface area contributed by atoms with Gasteiger partial charge in [0.15, 0.2) is 0 Å². The molecule has 1 fully saturated rings. The number of methoxy groups -OCH3 is 1. The lowest BCUT2D eigenvalue weighted by molar-refractivity contribution is -0.136. The van der Waals surface area contributed by atoms with Crippen molar-refractivity contribution in [2.75, 3.05) is 33.8 Å². The van der Waals surface area contributed by atoms with Crippen LogP contribution in [0.2, 0.25) is 0 Å². The smallest absolute Gasteiger partial charge is 0.343 e. The lowest BCUT2D eigenvalue weighted by Crippen LogP contribution is -2.48. The van der Waals surface area contributed by atoms with Gasteiger partial charge in [-0.15, -0.1) is 0 Å². The molecule has 1 aliphatic carbocycles. The largest absolute Gasteiger partial charge is 0.489 e. The van der Waals surface area contributed by atoms with Gasteiger partial charge in [-0.3, -0.25) is 14.5 Å². The molecule has 1 aromatic heterocycles. The van der Waals surface area contributed by atoms with Crippen LogP contribution in [0.3, 0.4) is 0 Å². The van der Waals surface area contributed by atoms with Gasteiger partial charge in [0.25, 0.3) is 5.56 Å². The van der Waals surface area contributed by atoms with Crippen LogP contribution in [0.5, 0.6) is 5.75 Å². The van der Waals surface area contributed by atoms with Crippen molar-refractivity contribution in [3.63, 3.8) is 0 Å². The highest BCUT2D eigenvalue weighted by molar-refractivity contribution is 5.93. The van der Waals surface area contributed by atoms with Crippen LogP contribution in [-0.2, 0) is 35.3 Å². The molecule has 0 unspecified atom stereocenters. The molecule has 0 saturated carbocycles. The molecule has 192 valence electrons. The van der Waals surface area contributed by atoms with Crippen molar-refractivity contribution in [1.29, 1.82) is 0 Å². The highest BCUT2D eigenvalue weighted by Gasteiger charge is 2.33. The van der Waals surface area contributed by atoms with Gasteiger partial charge in [-0.25, -0.2) is 4.79 Å². The van der Waals surface area contributed by atoms with Crippen molar-refractivity contribution < 1.29 is 19.1 Å². The Hall–Kier alpha value is -3.13. The van der Waals surface area contributed by atoms with E-state index in [9.17, 15) is 14.4 Å². The molecule has 2 aromatic rings. The number of amides is 1. The summed E-state index contributed by atoms with van der Waals surface area (Å²) in [6, 6.07) is 9.47. The molecule has 1 atom stereocenters. The third-order valence-corrected chi connectivity index (χ3v) is 7.91. The third-order valence-electron chi connectivity index (χ3n) is 7.91. The van der Waals surface area contributed by atoms with E-state index in [4.69, 9.17) is 9.47 Å². The second-order valence-corrected chi connectivity index (χ2v) is 10.1. The van der Waals surface area contributed by atoms with Gasteiger partial charge in [0.2, 0.25) is 5.91 Å². The quantitative estimate of drug-likeness (QED) is 0.609. The number of likely N-dealkylation sites (tertiary alicyclic amines) is 1. The Bertz CT molecular complexity index is 1180. The summed E-state index contributed by atoms with van der Waals surface area (Å²) in [5.74, 6) is -0.133. The number of carbonyl (C=O) groups is 2. The predicted octanol–water partition coefficient (Wildman–Crippen LogP) is 2.44. The van der Waals surface area contributed by atoms with Gasteiger partial charge < -0.3 is 18.9 Å². The Kier molecular flexibility index (Phi) is 7.14. The summed E-state index contributed by atoms with van der Waals surface area (Å²) in [6.45, 7) is 2.15. The van der Waals surface area contributed by atoms with Crippen molar-refractivity contribution in [2.45, 2.75) is 63.6 Å². The highest BCUT2D eigenvalue weighted by atomic mass is 16.5. The van der Waals surface area contributed by atoms with Crippen LogP contribution < -0.4 is 10.3 Å². The van der Waals surface area contributed by atoms with E-state index in [1.165, 1.54) is 24.3 Å².